The monoisotopic (exact) mass is 340 g/mol. The van der Waals surface area contributed by atoms with E-state index in [2.05, 4.69) is 10.6 Å². The molecule has 0 fully saturated rings. The van der Waals surface area contributed by atoms with Crippen LogP contribution in [0, 0.1) is 0 Å². The van der Waals surface area contributed by atoms with Gasteiger partial charge in [-0.25, -0.2) is 0 Å². The first-order valence-corrected chi connectivity index (χ1v) is 7.95. The Labute approximate surface area is 145 Å². The number of halogens is 1. The summed E-state index contributed by atoms with van der Waals surface area (Å²) < 4.78 is 5.84. The van der Waals surface area contributed by atoms with E-state index in [-0.39, 0.29) is 5.91 Å². The van der Waals surface area contributed by atoms with E-state index < -0.39 is 0 Å². The second-order valence-electron chi connectivity index (χ2n) is 5.36. The lowest BCUT2D eigenvalue weighted by Gasteiger charge is -2.06. The quantitative estimate of drug-likeness (QED) is 0.673. The molecule has 0 bridgehead atoms. The number of furan rings is 1. The van der Waals surface area contributed by atoms with Gasteiger partial charge in [0.15, 0.2) is 0 Å². The van der Waals surface area contributed by atoms with Crippen molar-refractivity contribution in [2.75, 3.05) is 10.6 Å². The van der Waals surface area contributed by atoms with Gasteiger partial charge < -0.3 is 15.1 Å². The summed E-state index contributed by atoms with van der Waals surface area (Å²) >= 11 is 6.19. The first kappa shape index (κ1) is 16.1. The van der Waals surface area contributed by atoms with E-state index in [1.807, 2.05) is 60.7 Å². The number of benzene rings is 2. The molecule has 0 radical (unpaired) electrons. The number of rotatable bonds is 5. The second kappa shape index (κ2) is 7.23. The van der Waals surface area contributed by atoms with Gasteiger partial charge in [0, 0.05) is 23.9 Å². The molecular weight excluding hydrogens is 324 g/mol. The van der Waals surface area contributed by atoms with Crippen LogP contribution in [0.1, 0.15) is 12.7 Å². The molecular formula is C19H17ClN2O2. The summed E-state index contributed by atoms with van der Waals surface area (Å²) in [6, 6.07) is 18.9. The van der Waals surface area contributed by atoms with E-state index in [0.29, 0.717) is 11.6 Å². The van der Waals surface area contributed by atoms with Crippen molar-refractivity contribution >= 4 is 28.9 Å². The van der Waals surface area contributed by atoms with Crippen molar-refractivity contribution in [3.8, 4) is 11.3 Å². The van der Waals surface area contributed by atoms with Crippen molar-refractivity contribution in [3.05, 3.63) is 71.4 Å². The number of hydrogen-bond acceptors (Lipinski definition) is 3. The third-order valence-electron chi connectivity index (χ3n) is 3.47. The van der Waals surface area contributed by atoms with Gasteiger partial charge in [-0.1, -0.05) is 23.7 Å². The Balaban J connectivity index is 1.63. The highest BCUT2D eigenvalue weighted by Gasteiger charge is 2.08. The average Bonchev–Trinajstić information content (AvgIpc) is 3.03. The van der Waals surface area contributed by atoms with Crippen molar-refractivity contribution < 1.29 is 9.21 Å². The Morgan fingerprint density at radius 1 is 1.00 bits per heavy atom. The van der Waals surface area contributed by atoms with Crippen LogP contribution < -0.4 is 10.6 Å². The summed E-state index contributed by atoms with van der Waals surface area (Å²) in [6.07, 6.45) is 0. The van der Waals surface area contributed by atoms with Gasteiger partial charge in [-0.15, -0.1) is 0 Å². The Bertz CT molecular complexity index is 841. The summed E-state index contributed by atoms with van der Waals surface area (Å²) in [7, 11) is 0. The fourth-order valence-corrected chi connectivity index (χ4v) is 2.57. The first-order chi connectivity index (χ1) is 11.6. The van der Waals surface area contributed by atoms with Crippen LogP contribution in [-0.4, -0.2) is 5.91 Å². The number of nitrogens with one attached hydrogen (secondary N) is 2. The molecule has 0 spiro atoms. The summed E-state index contributed by atoms with van der Waals surface area (Å²) in [5.41, 5.74) is 2.59. The summed E-state index contributed by atoms with van der Waals surface area (Å²) in [4.78, 5) is 11.0. The maximum absolute atomic E-state index is 11.0. The van der Waals surface area contributed by atoms with Gasteiger partial charge in [-0.05, 0) is 48.5 Å². The molecule has 4 nitrogen and oxygen atoms in total. The molecule has 1 heterocycles. The van der Waals surface area contributed by atoms with Crippen LogP contribution in [0.4, 0.5) is 11.4 Å². The van der Waals surface area contributed by atoms with Crippen molar-refractivity contribution in [1.82, 2.24) is 0 Å². The maximum atomic E-state index is 11.0. The molecule has 0 aliphatic heterocycles. The molecule has 5 heteroatoms. The number of anilines is 2. The molecule has 3 rings (SSSR count). The summed E-state index contributed by atoms with van der Waals surface area (Å²) in [5, 5.41) is 6.68. The number of carbonyl (C=O) groups excluding carboxylic acids is 1. The Morgan fingerprint density at radius 3 is 2.42 bits per heavy atom. The summed E-state index contributed by atoms with van der Waals surface area (Å²) in [5.74, 6) is 1.48. The van der Waals surface area contributed by atoms with Crippen molar-refractivity contribution in [3.63, 3.8) is 0 Å². The van der Waals surface area contributed by atoms with Crippen molar-refractivity contribution in [2.24, 2.45) is 0 Å². The van der Waals surface area contributed by atoms with Gasteiger partial charge >= 0.3 is 0 Å². The van der Waals surface area contributed by atoms with Gasteiger partial charge in [0.05, 0.1) is 11.6 Å². The van der Waals surface area contributed by atoms with E-state index >= 15 is 0 Å². The fourth-order valence-electron chi connectivity index (χ4n) is 2.34. The SMILES string of the molecule is CC(=O)Nc1ccc(NCc2ccc(-c3ccccc3Cl)o2)cc1. The van der Waals surface area contributed by atoms with Gasteiger partial charge in [0.25, 0.3) is 0 Å². The predicted octanol–water partition coefficient (Wildman–Crippen LogP) is 5.17. The summed E-state index contributed by atoms with van der Waals surface area (Å²) in [6.45, 7) is 2.05. The highest BCUT2D eigenvalue weighted by molar-refractivity contribution is 6.33. The molecule has 122 valence electrons. The Kier molecular flexibility index (Phi) is 4.87. The standard InChI is InChI=1S/C19H17ClN2O2/c1-13(23)22-15-8-6-14(7-9-15)21-12-16-10-11-19(24-16)17-4-2-3-5-18(17)20/h2-11,21H,12H2,1H3,(H,22,23). The molecule has 0 aliphatic carbocycles. The highest BCUT2D eigenvalue weighted by atomic mass is 35.5. The molecule has 2 N–H and O–H groups in total. The largest absolute Gasteiger partial charge is 0.459 e. The molecule has 3 aromatic rings. The van der Waals surface area contributed by atoms with Crippen LogP contribution in [0.2, 0.25) is 5.02 Å². The number of amides is 1. The van der Waals surface area contributed by atoms with Crippen LogP contribution in [0.15, 0.2) is 65.1 Å². The molecule has 0 atom stereocenters. The second-order valence-corrected chi connectivity index (χ2v) is 5.77. The van der Waals surface area contributed by atoms with Crippen molar-refractivity contribution in [1.29, 1.82) is 0 Å². The zero-order valence-electron chi connectivity index (χ0n) is 13.2. The zero-order valence-corrected chi connectivity index (χ0v) is 13.9. The molecule has 0 unspecified atom stereocenters. The molecule has 24 heavy (non-hydrogen) atoms. The maximum Gasteiger partial charge on any atom is 0.221 e. The third-order valence-corrected chi connectivity index (χ3v) is 3.80. The molecule has 2 aromatic carbocycles. The van der Waals surface area contributed by atoms with Crippen LogP contribution in [0.3, 0.4) is 0 Å². The van der Waals surface area contributed by atoms with E-state index in [0.717, 1.165) is 28.5 Å². The van der Waals surface area contributed by atoms with E-state index in [9.17, 15) is 4.79 Å². The Morgan fingerprint density at radius 2 is 1.71 bits per heavy atom. The molecule has 0 aliphatic rings. The highest BCUT2D eigenvalue weighted by Crippen LogP contribution is 2.29. The minimum absolute atomic E-state index is 0.0848. The smallest absolute Gasteiger partial charge is 0.221 e. The third kappa shape index (κ3) is 3.97. The molecule has 0 saturated heterocycles. The van der Waals surface area contributed by atoms with E-state index in [1.165, 1.54) is 6.92 Å². The van der Waals surface area contributed by atoms with Crippen LogP contribution in [0.5, 0.6) is 0 Å². The van der Waals surface area contributed by atoms with Crippen LogP contribution >= 0.6 is 11.6 Å². The number of hydrogen-bond donors (Lipinski definition) is 2. The minimum atomic E-state index is -0.0848. The predicted molar refractivity (Wildman–Crippen MR) is 97.2 cm³/mol. The van der Waals surface area contributed by atoms with Gasteiger partial charge in [-0.2, -0.15) is 0 Å². The van der Waals surface area contributed by atoms with Crippen LogP contribution in [-0.2, 0) is 11.3 Å². The topological polar surface area (TPSA) is 54.3 Å². The minimum Gasteiger partial charge on any atom is -0.459 e. The van der Waals surface area contributed by atoms with Crippen molar-refractivity contribution in [2.45, 2.75) is 13.5 Å². The lowest BCUT2D eigenvalue weighted by atomic mass is 10.2. The number of carbonyl (C=O) groups is 1. The molecule has 1 aromatic heterocycles. The first-order valence-electron chi connectivity index (χ1n) is 7.57. The van der Waals surface area contributed by atoms with E-state index in [1.54, 1.807) is 0 Å². The van der Waals surface area contributed by atoms with Gasteiger partial charge in [0.2, 0.25) is 5.91 Å². The molecule has 0 saturated carbocycles. The fraction of sp³-hybridized carbons (Fsp3) is 0.105. The lowest BCUT2D eigenvalue weighted by molar-refractivity contribution is -0.114. The van der Waals surface area contributed by atoms with Crippen LogP contribution in [0.25, 0.3) is 11.3 Å². The normalized spacial score (nSPS) is 10.4. The lowest BCUT2D eigenvalue weighted by Crippen LogP contribution is -2.05. The Hall–Kier alpha value is -2.72. The van der Waals surface area contributed by atoms with Gasteiger partial charge in [0.1, 0.15) is 11.5 Å². The van der Waals surface area contributed by atoms with E-state index in [4.69, 9.17) is 16.0 Å². The zero-order chi connectivity index (χ0) is 16.9. The van der Waals surface area contributed by atoms with Gasteiger partial charge in [-0.3, -0.25) is 4.79 Å². The molecule has 1 amide bonds. The average molecular weight is 341 g/mol.